The molecule has 12 N–H and O–H groups in total. The fourth-order valence-electron chi connectivity index (χ4n) is 14.6. The number of aromatic nitrogens is 2. The number of alkyl carbamates (subject to hydrolysis) is 1. The Kier molecular flexibility index (Phi) is 29.0. The molecule has 0 radical (unpaired) electrons. The lowest BCUT2D eigenvalue weighted by Crippen LogP contribution is -2.57. The minimum atomic E-state index is -4.20. The van der Waals surface area contributed by atoms with Crippen molar-refractivity contribution in [1.29, 1.82) is 0 Å². The van der Waals surface area contributed by atoms with Gasteiger partial charge in [-0.2, -0.15) is 0 Å². The molecule has 6 atom stereocenters. The fourth-order valence-corrected chi connectivity index (χ4v) is 15.7. The molecule has 5 heterocycles. The highest BCUT2D eigenvalue weighted by Gasteiger charge is 2.52. The molecule has 1 fully saturated rings. The van der Waals surface area contributed by atoms with Crippen LogP contribution in [0.1, 0.15) is 136 Å². The van der Waals surface area contributed by atoms with Crippen molar-refractivity contribution < 1.29 is 104 Å². The number of anilines is 4. The van der Waals surface area contributed by atoms with E-state index in [0.29, 0.717) is 59.1 Å². The highest BCUT2D eigenvalue weighted by atomic mass is 32.2. The Hall–Kier alpha value is -12.6. The quantitative estimate of drug-likeness (QED) is 0.00995. The van der Waals surface area contributed by atoms with Crippen molar-refractivity contribution in [1.82, 2.24) is 46.4 Å². The van der Waals surface area contributed by atoms with E-state index in [1.165, 1.54) is 89.5 Å². The van der Waals surface area contributed by atoms with Crippen molar-refractivity contribution in [2.24, 2.45) is 5.92 Å². The standard InChI is InChI=1S/C82H94FN13O22S/c1-6-28-84-78(107)88-52-17-12-19-54(38-52)119(111,112)94-53-18-11-16-49(37-53)61(41-67(98)99)91-80(109)87-51-23-21-50(22-24-51)86-79(108)85-29-32-114-34-36-115-35-33-113-31-27-66(97)89-63(42-68(100)101)75(104)95-30-13-20-64(95)73(102)93-71(46(3)4)76(105)118-82(7-2)58-39-65-72-56(43-96(65)74(103)57(58)45-116-77(82)106)70-60(92-81(110)117-44-48-14-9-8-10-15-48)26-25-55-47(5)59(83)40-62(90-72)69(55)70/h8-12,14-19,21-24,37-40,46,60-61,63-64,71,94H,6-7,13,20,25-36,41-45H2,1-5H3,(H,89,97)(H,92,110)(H,93,102)(H,98,99)(H,100,101)(H2,84,88,107)(H2,85,86,108)(H2,87,91,109). The molecule has 119 heavy (non-hydrogen) atoms. The van der Waals surface area contributed by atoms with E-state index in [0.717, 1.165) is 10.5 Å². The number of fused-ring (bicyclic) bond motifs is 5. The smallest absolute Gasteiger partial charge is 0.407 e. The summed E-state index contributed by atoms with van der Waals surface area (Å²) in [6, 6.07) is 21.4. The van der Waals surface area contributed by atoms with Gasteiger partial charge in [0.25, 0.3) is 15.6 Å². The van der Waals surface area contributed by atoms with Crippen LogP contribution in [-0.2, 0) is 104 Å². The third kappa shape index (κ3) is 21.6. The molecule has 1 aliphatic carbocycles. The number of benzene rings is 5. The van der Waals surface area contributed by atoms with E-state index in [4.69, 9.17) is 33.4 Å². The third-order valence-electron chi connectivity index (χ3n) is 20.5. The number of halogens is 1. The molecular formula is C82H94FN13O22S. The van der Waals surface area contributed by atoms with E-state index in [-0.39, 0.29) is 147 Å². The molecule has 4 aliphatic rings. The number of carbonyl (C=O) groups is 11. The van der Waals surface area contributed by atoms with E-state index < -0.39 is 148 Å². The highest BCUT2D eigenvalue weighted by Crippen LogP contribution is 2.47. The number of likely N-dealkylation sites (tertiary alicyclic amines) is 1. The zero-order chi connectivity index (χ0) is 85.2. The van der Waals surface area contributed by atoms with Gasteiger partial charge in [-0.1, -0.05) is 76.2 Å². The maximum atomic E-state index is 15.8. The number of nitrogens with zero attached hydrogens (tertiary/aromatic N) is 3. The lowest BCUT2D eigenvalue weighted by molar-refractivity contribution is -0.191. The van der Waals surface area contributed by atoms with Crippen LogP contribution in [0.4, 0.5) is 46.3 Å². The number of rotatable bonds is 37. The van der Waals surface area contributed by atoms with Crippen LogP contribution in [0.25, 0.3) is 22.3 Å². The van der Waals surface area contributed by atoms with Gasteiger partial charge in [-0.3, -0.25) is 33.5 Å². The Bertz CT molecular complexity index is 5190. The number of aliphatic carboxylic acids is 2. The molecule has 35 nitrogen and oxygen atoms in total. The number of urea groups is 3. The topological polar surface area (TPSA) is 476 Å². The Morgan fingerprint density at radius 1 is 0.706 bits per heavy atom. The van der Waals surface area contributed by atoms with E-state index >= 15 is 4.39 Å². The minimum absolute atomic E-state index is 0.0000689. The predicted octanol–water partition coefficient (Wildman–Crippen LogP) is 8.01. The zero-order valence-corrected chi connectivity index (χ0v) is 66.8. The molecular weight excluding hydrogens is 1570 g/mol. The van der Waals surface area contributed by atoms with E-state index in [1.807, 2.05) is 37.3 Å². The van der Waals surface area contributed by atoms with Crippen molar-refractivity contribution in [3.8, 4) is 11.4 Å². The lowest BCUT2D eigenvalue weighted by atomic mass is 9.81. The molecule has 632 valence electrons. The third-order valence-corrected chi connectivity index (χ3v) is 21.9. The molecule has 0 saturated carbocycles. The van der Waals surface area contributed by atoms with Crippen molar-refractivity contribution in [2.75, 3.05) is 79.9 Å². The molecule has 0 spiro atoms. The summed E-state index contributed by atoms with van der Waals surface area (Å²) in [5.41, 5.74) is 2.25. The fraction of sp³-hybridized carbons (Fsp3) is 0.402. The molecule has 6 unspecified atom stereocenters. The number of nitrogens with one attached hydrogen (secondary N) is 10. The number of sulfonamides is 1. The van der Waals surface area contributed by atoms with Gasteiger partial charge in [-0.15, -0.1) is 0 Å². The first-order valence-electron chi connectivity index (χ1n) is 38.9. The summed E-state index contributed by atoms with van der Waals surface area (Å²) in [7, 11) is -4.20. The van der Waals surface area contributed by atoms with Crippen molar-refractivity contribution in [3.63, 3.8) is 0 Å². The molecule has 7 aromatic rings. The first-order chi connectivity index (χ1) is 57.0. The molecule has 3 aliphatic heterocycles. The summed E-state index contributed by atoms with van der Waals surface area (Å²) in [6.45, 7) is 8.69. The van der Waals surface area contributed by atoms with Gasteiger partial charge in [0.05, 0.1) is 98.5 Å². The number of carbonyl (C=O) groups excluding carboxylic acids is 9. The number of hydrogen-bond donors (Lipinski definition) is 12. The van der Waals surface area contributed by atoms with Gasteiger partial charge >= 0.3 is 48.1 Å². The maximum Gasteiger partial charge on any atom is 0.407 e. The molecule has 37 heteroatoms. The average Bonchev–Trinajstić information content (AvgIpc) is 1.59. The Morgan fingerprint density at radius 2 is 1.37 bits per heavy atom. The van der Waals surface area contributed by atoms with Gasteiger partial charge in [0, 0.05) is 71.4 Å². The lowest BCUT2D eigenvalue weighted by Gasteiger charge is -2.37. The number of esters is 2. The Labute approximate surface area is 682 Å². The maximum absolute atomic E-state index is 15.8. The van der Waals surface area contributed by atoms with Gasteiger partial charge < -0.3 is 96.0 Å². The Morgan fingerprint density at radius 3 is 2.06 bits per heavy atom. The molecule has 2 aromatic heterocycles. The van der Waals surface area contributed by atoms with Crippen LogP contribution in [0.5, 0.6) is 0 Å². The van der Waals surface area contributed by atoms with Crippen LogP contribution in [0.2, 0.25) is 0 Å². The number of carboxylic acid groups (broad SMARTS) is 2. The summed E-state index contributed by atoms with van der Waals surface area (Å²) >= 11 is 0. The van der Waals surface area contributed by atoms with Crippen LogP contribution in [0.15, 0.2) is 125 Å². The van der Waals surface area contributed by atoms with E-state index in [9.17, 15) is 76.2 Å². The number of hydrogen-bond acceptors (Lipinski definition) is 21. The monoisotopic (exact) mass is 1660 g/mol. The summed E-state index contributed by atoms with van der Waals surface area (Å²) in [4.78, 5) is 167. The summed E-state index contributed by atoms with van der Waals surface area (Å²) in [5.74, 6) is -8.39. The van der Waals surface area contributed by atoms with Crippen LogP contribution < -0.4 is 58.1 Å². The second-order valence-electron chi connectivity index (χ2n) is 29.1. The zero-order valence-electron chi connectivity index (χ0n) is 66.0. The van der Waals surface area contributed by atoms with E-state index in [2.05, 4.69) is 52.6 Å². The van der Waals surface area contributed by atoms with Gasteiger partial charge in [0.15, 0.2) is 0 Å². The normalized spacial score (nSPS) is 16.4. The second-order valence-corrected chi connectivity index (χ2v) is 30.8. The van der Waals surface area contributed by atoms with Crippen LogP contribution in [0, 0.1) is 18.7 Å². The molecule has 5 aromatic carbocycles. The van der Waals surface area contributed by atoms with Crippen LogP contribution in [0.3, 0.4) is 0 Å². The Balaban J connectivity index is 0.598. The van der Waals surface area contributed by atoms with Crippen molar-refractivity contribution in [3.05, 3.63) is 176 Å². The molecule has 1 saturated heterocycles. The van der Waals surface area contributed by atoms with Crippen LogP contribution >= 0.6 is 0 Å². The number of cyclic esters (lactones) is 1. The number of pyridine rings is 2. The molecule has 11 rings (SSSR count). The van der Waals surface area contributed by atoms with Gasteiger partial charge in [-0.05, 0) is 140 Å². The number of aryl methyl sites for hydroxylation is 1. The predicted molar refractivity (Wildman–Crippen MR) is 428 cm³/mol. The van der Waals surface area contributed by atoms with Crippen molar-refractivity contribution in [2.45, 2.75) is 153 Å². The average molecular weight is 1660 g/mol. The molecule has 0 bridgehead atoms. The van der Waals surface area contributed by atoms with Gasteiger partial charge in [-0.25, -0.2) is 46.6 Å². The van der Waals surface area contributed by atoms with E-state index in [1.54, 1.807) is 27.7 Å². The molecule has 10 amide bonds. The number of amides is 10. The number of carboxylic acids is 2. The second kappa shape index (κ2) is 39.6. The SMILES string of the molecule is CCCNC(=O)Nc1cccc(S(=O)(=O)Nc2cccc(C(CC(=O)O)NC(=O)Nc3ccc(NC(=O)NCCOCCOCCOCCC(=O)NC(CC(=O)O)C(=O)N4CCCC4C(=O)NC(C(=O)OC4(CC)C(=O)OCc5c4cc4n(c5=O)Cc5c-4nc4cc(F)c(C)c6c4c5C(NC(=O)OCc4ccccc4)CC6)C(C)C)cc3)c2)c1. The van der Waals surface area contributed by atoms with Crippen LogP contribution in [-0.4, -0.2) is 176 Å². The largest absolute Gasteiger partial charge is 0.481 e. The highest BCUT2D eigenvalue weighted by molar-refractivity contribution is 7.92. The van der Waals surface area contributed by atoms with Gasteiger partial charge in [0.2, 0.25) is 23.3 Å². The first kappa shape index (κ1) is 87.2. The summed E-state index contributed by atoms with van der Waals surface area (Å²) in [6.07, 6.45) is -0.806. The first-order valence-corrected chi connectivity index (χ1v) is 40.4. The summed E-state index contributed by atoms with van der Waals surface area (Å²) < 4.78 is 80.5. The summed E-state index contributed by atoms with van der Waals surface area (Å²) in [5, 5.41) is 44.1. The van der Waals surface area contributed by atoms with Crippen molar-refractivity contribution >= 4 is 109 Å². The minimum Gasteiger partial charge on any atom is -0.481 e. The van der Waals surface area contributed by atoms with Gasteiger partial charge in [0.1, 0.15) is 37.2 Å². The number of ether oxygens (including phenoxy) is 6.